The molecule has 6 heteroatoms. The lowest BCUT2D eigenvalue weighted by atomic mass is 10.1. The molecular formula is C8H14N4O2. The van der Waals surface area contributed by atoms with Gasteiger partial charge in [0.1, 0.15) is 12.2 Å². The second-order valence-electron chi connectivity index (χ2n) is 3.75. The van der Waals surface area contributed by atoms with E-state index in [9.17, 15) is 9.90 Å². The van der Waals surface area contributed by atoms with E-state index in [4.69, 9.17) is 0 Å². The van der Waals surface area contributed by atoms with E-state index in [1.54, 1.807) is 30.2 Å². The summed E-state index contributed by atoms with van der Waals surface area (Å²) in [7, 11) is 5.15. The number of carbonyl (C=O) groups is 1. The summed E-state index contributed by atoms with van der Waals surface area (Å²) in [6.07, 6.45) is 0.487. The lowest BCUT2D eigenvalue weighted by molar-refractivity contribution is -0.178. The summed E-state index contributed by atoms with van der Waals surface area (Å²) >= 11 is 0. The van der Waals surface area contributed by atoms with E-state index in [1.165, 1.54) is 4.90 Å². The van der Waals surface area contributed by atoms with Gasteiger partial charge in [0.05, 0.1) is 6.34 Å². The second-order valence-corrected chi connectivity index (χ2v) is 3.75. The van der Waals surface area contributed by atoms with Crippen molar-refractivity contribution in [2.24, 2.45) is 4.99 Å². The first kappa shape index (κ1) is 9.42. The number of likely N-dealkylation sites (N-methyl/N-ethyl adjacent to an activating group) is 3. The zero-order valence-corrected chi connectivity index (χ0v) is 8.45. The van der Waals surface area contributed by atoms with Crippen LogP contribution in [0.5, 0.6) is 0 Å². The number of aliphatic hydroxyl groups excluding tert-OH is 1. The van der Waals surface area contributed by atoms with Gasteiger partial charge in [0.15, 0.2) is 6.35 Å². The molecule has 1 fully saturated rings. The van der Waals surface area contributed by atoms with Crippen LogP contribution >= 0.6 is 0 Å². The summed E-state index contributed by atoms with van der Waals surface area (Å²) in [5, 5.41) is 9.69. The van der Waals surface area contributed by atoms with E-state index < -0.39 is 6.35 Å². The molecule has 0 saturated carbocycles. The van der Waals surface area contributed by atoms with E-state index >= 15 is 0 Å². The van der Waals surface area contributed by atoms with Crippen LogP contribution in [0.15, 0.2) is 4.99 Å². The quantitative estimate of drug-likeness (QED) is 0.506. The lowest BCUT2D eigenvalue weighted by Gasteiger charge is -2.43. The van der Waals surface area contributed by atoms with Crippen molar-refractivity contribution in [2.75, 3.05) is 21.1 Å². The number of aliphatic hydroxyl groups is 1. The fourth-order valence-electron chi connectivity index (χ4n) is 1.90. The van der Waals surface area contributed by atoms with Crippen LogP contribution in [0.3, 0.4) is 0 Å². The Morgan fingerprint density at radius 2 is 2.07 bits per heavy atom. The van der Waals surface area contributed by atoms with Gasteiger partial charge in [-0.25, -0.2) is 4.90 Å². The first-order valence-corrected chi connectivity index (χ1v) is 4.46. The summed E-state index contributed by atoms with van der Waals surface area (Å²) in [5.74, 6) is -0.0967. The zero-order chi connectivity index (χ0) is 10.5. The molecular weight excluding hydrogens is 184 g/mol. The average Bonchev–Trinajstić information content (AvgIpc) is 2.54. The molecule has 3 atom stereocenters. The van der Waals surface area contributed by atoms with Crippen LogP contribution in [-0.4, -0.2) is 71.8 Å². The Bertz CT molecular complexity index is 293. The lowest BCUT2D eigenvalue weighted by Crippen LogP contribution is -2.65. The highest BCUT2D eigenvalue weighted by Crippen LogP contribution is 2.24. The van der Waals surface area contributed by atoms with Crippen LogP contribution in [0.2, 0.25) is 0 Å². The summed E-state index contributed by atoms with van der Waals surface area (Å²) in [5.41, 5.74) is 0. The van der Waals surface area contributed by atoms with Crippen molar-refractivity contribution in [3.8, 4) is 0 Å². The Balaban J connectivity index is 2.31. The monoisotopic (exact) mass is 198 g/mol. The van der Waals surface area contributed by atoms with E-state index in [-0.39, 0.29) is 18.1 Å². The van der Waals surface area contributed by atoms with Gasteiger partial charge in [-0.3, -0.25) is 9.79 Å². The maximum Gasteiger partial charge on any atom is 0.251 e. The van der Waals surface area contributed by atoms with Crippen molar-refractivity contribution >= 4 is 12.2 Å². The molecule has 0 aromatic heterocycles. The Kier molecular flexibility index (Phi) is 1.97. The molecule has 0 radical (unpaired) electrons. The highest BCUT2D eigenvalue weighted by atomic mass is 16.3. The molecule has 0 bridgehead atoms. The third kappa shape index (κ3) is 1.04. The predicted molar refractivity (Wildman–Crippen MR) is 50.4 cm³/mol. The molecule has 1 amide bonds. The Labute approximate surface area is 82.4 Å². The number of amides is 1. The average molecular weight is 198 g/mol. The number of hydrogen-bond donors (Lipinski definition) is 1. The summed E-state index contributed by atoms with van der Waals surface area (Å²) in [4.78, 5) is 20.7. The molecule has 78 valence electrons. The standard InChI is InChI=1S/C8H14N4O2/c1-10-4-9-6-5(10)7(13)12(3)8(14)11(6)2/h4-6,8,14H,1-3H3. The minimum atomic E-state index is -0.882. The third-order valence-corrected chi connectivity index (χ3v) is 2.85. The largest absolute Gasteiger partial charge is 0.361 e. The van der Waals surface area contributed by atoms with Crippen LogP contribution in [0.4, 0.5) is 0 Å². The van der Waals surface area contributed by atoms with Gasteiger partial charge in [0.2, 0.25) is 0 Å². The molecule has 2 aliphatic rings. The molecule has 2 rings (SSSR count). The second kappa shape index (κ2) is 2.93. The molecule has 1 N–H and O–H groups in total. The fourth-order valence-corrected chi connectivity index (χ4v) is 1.90. The minimum absolute atomic E-state index is 0.0967. The highest BCUT2D eigenvalue weighted by molar-refractivity contribution is 5.87. The summed E-state index contributed by atoms with van der Waals surface area (Å²) < 4.78 is 0. The van der Waals surface area contributed by atoms with Crippen LogP contribution < -0.4 is 0 Å². The number of aliphatic imine (C=N–C) groups is 1. The Hall–Kier alpha value is -1.14. The molecule has 2 aliphatic heterocycles. The van der Waals surface area contributed by atoms with Crippen molar-refractivity contribution < 1.29 is 9.90 Å². The number of fused-ring (bicyclic) bond motifs is 1. The molecule has 0 aromatic rings. The van der Waals surface area contributed by atoms with Gasteiger partial charge in [0, 0.05) is 14.1 Å². The first-order chi connectivity index (χ1) is 6.54. The summed E-state index contributed by atoms with van der Waals surface area (Å²) in [6.45, 7) is 0. The summed E-state index contributed by atoms with van der Waals surface area (Å²) in [6, 6.07) is -0.298. The smallest absolute Gasteiger partial charge is 0.251 e. The predicted octanol–water partition coefficient (Wildman–Crippen LogP) is -1.67. The Morgan fingerprint density at radius 1 is 1.43 bits per heavy atom. The normalized spacial score (nSPS) is 38.0. The molecule has 0 spiro atoms. The molecule has 0 aromatic carbocycles. The fraction of sp³-hybridized carbons (Fsp3) is 0.750. The van der Waals surface area contributed by atoms with Crippen LogP contribution in [0.25, 0.3) is 0 Å². The van der Waals surface area contributed by atoms with Crippen molar-refractivity contribution in [1.29, 1.82) is 0 Å². The topological polar surface area (TPSA) is 59.4 Å². The number of hydrogen-bond acceptors (Lipinski definition) is 5. The SMILES string of the molecule is CN1C=NC2C1C(=O)N(C)C(O)N2C. The van der Waals surface area contributed by atoms with Crippen LogP contribution in [-0.2, 0) is 4.79 Å². The minimum Gasteiger partial charge on any atom is -0.361 e. The van der Waals surface area contributed by atoms with Crippen molar-refractivity contribution in [1.82, 2.24) is 14.7 Å². The van der Waals surface area contributed by atoms with Crippen molar-refractivity contribution in [3.05, 3.63) is 0 Å². The van der Waals surface area contributed by atoms with Gasteiger partial charge in [0.25, 0.3) is 5.91 Å². The number of nitrogens with zero attached hydrogens (tertiary/aromatic N) is 4. The van der Waals surface area contributed by atoms with E-state index in [2.05, 4.69) is 4.99 Å². The van der Waals surface area contributed by atoms with Gasteiger partial charge in [-0.1, -0.05) is 0 Å². The molecule has 1 saturated heterocycles. The Morgan fingerprint density at radius 3 is 2.71 bits per heavy atom. The van der Waals surface area contributed by atoms with Gasteiger partial charge in [-0.2, -0.15) is 0 Å². The van der Waals surface area contributed by atoms with Gasteiger partial charge in [-0.05, 0) is 7.05 Å². The molecule has 3 unspecified atom stereocenters. The van der Waals surface area contributed by atoms with E-state index in [1.807, 2.05) is 7.05 Å². The maximum absolute atomic E-state index is 11.8. The molecule has 6 nitrogen and oxygen atoms in total. The van der Waals surface area contributed by atoms with Crippen molar-refractivity contribution in [3.63, 3.8) is 0 Å². The first-order valence-electron chi connectivity index (χ1n) is 4.46. The molecule has 14 heavy (non-hydrogen) atoms. The van der Waals surface area contributed by atoms with Gasteiger partial charge in [-0.15, -0.1) is 0 Å². The van der Waals surface area contributed by atoms with Gasteiger partial charge < -0.3 is 14.9 Å². The zero-order valence-electron chi connectivity index (χ0n) is 8.45. The van der Waals surface area contributed by atoms with E-state index in [0.29, 0.717) is 0 Å². The van der Waals surface area contributed by atoms with E-state index in [0.717, 1.165) is 0 Å². The van der Waals surface area contributed by atoms with Crippen molar-refractivity contribution in [2.45, 2.75) is 18.6 Å². The maximum atomic E-state index is 11.8. The van der Waals surface area contributed by atoms with Gasteiger partial charge >= 0.3 is 0 Å². The molecule has 0 aliphatic carbocycles. The third-order valence-electron chi connectivity index (χ3n) is 2.85. The van der Waals surface area contributed by atoms with Crippen LogP contribution in [0.1, 0.15) is 0 Å². The number of rotatable bonds is 0. The van der Waals surface area contributed by atoms with Crippen LogP contribution in [0, 0.1) is 0 Å². The molecule has 2 heterocycles. The highest BCUT2D eigenvalue weighted by Gasteiger charge is 2.47. The number of carbonyl (C=O) groups excluding carboxylic acids is 1.